The number of hydrogen-bond acceptors (Lipinski definition) is 5. The molecule has 0 amide bonds. The Balaban J connectivity index is 1.70. The van der Waals surface area contributed by atoms with Crippen LogP contribution in [0.25, 0.3) is 25.6 Å². The summed E-state index contributed by atoms with van der Waals surface area (Å²) in [5.74, 6) is 1.49. The fourth-order valence-electron chi connectivity index (χ4n) is 5.09. The van der Waals surface area contributed by atoms with Crippen molar-refractivity contribution in [2.45, 2.75) is 91.9 Å². The third-order valence-corrected chi connectivity index (χ3v) is 11.6. The molecule has 0 bridgehead atoms. The molecule has 4 heterocycles. The maximum atomic E-state index is 4.82. The van der Waals surface area contributed by atoms with Gasteiger partial charge in [0.05, 0.1) is 26.0 Å². The minimum Gasteiger partial charge on any atom is -0.171 e. The van der Waals surface area contributed by atoms with Gasteiger partial charge in [0.2, 0.25) is 0 Å². The van der Waals surface area contributed by atoms with E-state index in [9.17, 15) is 0 Å². The third kappa shape index (κ3) is 6.20. The number of fused-ring (bicyclic) bond motifs is 1. The molecule has 1 aliphatic heterocycles. The second-order valence-corrected chi connectivity index (χ2v) is 13.5. The van der Waals surface area contributed by atoms with Crippen molar-refractivity contribution in [1.82, 2.24) is 0 Å². The fraction of sp³-hybridized carbons (Fsp3) is 0.533. The Morgan fingerprint density at radius 1 is 0.806 bits per heavy atom. The summed E-state index contributed by atoms with van der Waals surface area (Å²) in [6.07, 6.45) is 14.6. The predicted molar refractivity (Wildman–Crippen MR) is 167 cm³/mol. The molecule has 1 aliphatic rings. The average Bonchev–Trinajstić information content (AvgIpc) is 3.68. The van der Waals surface area contributed by atoms with Crippen molar-refractivity contribution in [3.63, 3.8) is 0 Å². The summed E-state index contributed by atoms with van der Waals surface area (Å²) in [5, 5.41) is 2.27. The minimum atomic E-state index is 0.734. The van der Waals surface area contributed by atoms with Gasteiger partial charge in [0, 0.05) is 9.75 Å². The van der Waals surface area contributed by atoms with Gasteiger partial charge in [-0.1, -0.05) is 91.7 Å². The molecule has 0 spiro atoms. The van der Waals surface area contributed by atoms with E-state index in [1.165, 1.54) is 105 Å². The molecular formula is C30H40N2S4. The summed E-state index contributed by atoms with van der Waals surface area (Å²) >= 11 is 7.03. The van der Waals surface area contributed by atoms with Crippen LogP contribution in [0.2, 0.25) is 0 Å². The van der Waals surface area contributed by atoms with E-state index in [4.69, 9.17) is 8.73 Å². The smallest absolute Gasteiger partial charge is 0.124 e. The van der Waals surface area contributed by atoms with Crippen LogP contribution in [0.15, 0.2) is 32.8 Å². The molecule has 2 atom stereocenters. The molecule has 194 valence electrons. The summed E-state index contributed by atoms with van der Waals surface area (Å²) in [6.45, 7) is 13.4. The Bertz CT molecular complexity index is 1220. The lowest BCUT2D eigenvalue weighted by atomic mass is 9.91. The SMILES string of the molecule is C=Cc1cc(CC(CC)CCCC)c(-c2sc(-c3sccc3CC(CC)CCCC)c3c2N=S=N3)s1. The van der Waals surface area contributed by atoms with Crippen LogP contribution >= 0.6 is 34.0 Å². The zero-order valence-corrected chi connectivity index (χ0v) is 25.5. The van der Waals surface area contributed by atoms with E-state index in [1.54, 1.807) is 0 Å². The molecule has 36 heavy (non-hydrogen) atoms. The Kier molecular flexibility index (Phi) is 10.3. The average molecular weight is 557 g/mol. The topological polar surface area (TPSA) is 24.7 Å². The number of unbranched alkanes of at least 4 members (excludes halogenated alkanes) is 2. The summed E-state index contributed by atoms with van der Waals surface area (Å²) in [6, 6.07) is 4.73. The molecule has 0 saturated heterocycles. The van der Waals surface area contributed by atoms with Crippen LogP contribution in [0, 0.1) is 11.8 Å². The molecule has 0 fully saturated rings. The molecule has 3 aromatic heterocycles. The van der Waals surface area contributed by atoms with Crippen molar-refractivity contribution in [1.29, 1.82) is 0 Å². The first-order valence-corrected chi connectivity index (χ1v) is 16.9. The molecule has 6 heteroatoms. The van der Waals surface area contributed by atoms with Crippen molar-refractivity contribution in [2.24, 2.45) is 20.6 Å². The molecule has 0 radical (unpaired) electrons. The summed E-state index contributed by atoms with van der Waals surface area (Å²) in [4.78, 5) is 6.69. The lowest BCUT2D eigenvalue weighted by Gasteiger charge is -2.15. The van der Waals surface area contributed by atoms with Crippen molar-refractivity contribution in [2.75, 3.05) is 0 Å². The lowest BCUT2D eigenvalue weighted by molar-refractivity contribution is 0.450. The van der Waals surface area contributed by atoms with Crippen LogP contribution in [-0.2, 0) is 24.2 Å². The summed E-state index contributed by atoms with van der Waals surface area (Å²) < 4.78 is 9.64. The molecule has 0 aromatic carbocycles. The number of rotatable bonds is 15. The molecule has 0 N–H and O–H groups in total. The van der Waals surface area contributed by atoms with E-state index in [2.05, 4.69) is 51.8 Å². The first-order valence-electron chi connectivity index (χ1n) is 13.7. The van der Waals surface area contributed by atoms with E-state index >= 15 is 0 Å². The van der Waals surface area contributed by atoms with Crippen LogP contribution in [0.5, 0.6) is 0 Å². The van der Waals surface area contributed by atoms with E-state index in [1.807, 2.05) is 40.1 Å². The zero-order valence-electron chi connectivity index (χ0n) is 22.3. The van der Waals surface area contributed by atoms with Crippen molar-refractivity contribution in [3.8, 4) is 19.5 Å². The predicted octanol–water partition coefficient (Wildman–Crippen LogP) is 12.1. The summed E-state index contributed by atoms with van der Waals surface area (Å²) in [7, 11) is 0. The van der Waals surface area contributed by atoms with Crippen LogP contribution < -0.4 is 0 Å². The molecule has 0 aliphatic carbocycles. The first-order chi connectivity index (χ1) is 17.6. The molecular weight excluding hydrogens is 517 g/mol. The minimum absolute atomic E-state index is 0.734. The second kappa shape index (κ2) is 13.5. The van der Waals surface area contributed by atoms with Gasteiger partial charge in [0.15, 0.2) is 0 Å². The Hall–Kier alpha value is -1.34. The van der Waals surface area contributed by atoms with Crippen LogP contribution in [-0.4, -0.2) is 0 Å². The van der Waals surface area contributed by atoms with E-state index < -0.39 is 0 Å². The second-order valence-electron chi connectivity index (χ2n) is 9.95. The molecule has 2 nitrogen and oxygen atoms in total. The van der Waals surface area contributed by atoms with Gasteiger partial charge in [-0.05, 0) is 53.3 Å². The molecule has 4 rings (SSSR count). The van der Waals surface area contributed by atoms with Gasteiger partial charge < -0.3 is 0 Å². The highest BCUT2D eigenvalue weighted by Crippen LogP contribution is 2.57. The molecule has 2 unspecified atom stereocenters. The normalized spacial score (nSPS) is 14.1. The van der Waals surface area contributed by atoms with Crippen LogP contribution in [0.1, 0.15) is 95.1 Å². The first kappa shape index (κ1) is 27.7. The molecule has 3 aromatic rings. The van der Waals surface area contributed by atoms with E-state index in [0.29, 0.717) is 0 Å². The quantitative estimate of drug-likeness (QED) is 0.139. The van der Waals surface area contributed by atoms with Gasteiger partial charge in [-0.15, -0.1) is 34.0 Å². The van der Waals surface area contributed by atoms with Gasteiger partial charge in [-0.25, -0.2) is 0 Å². The van der Waals surface area contributed by atoms with Crippen LogP contribution in [0.4, 0.5) is 11.4 Å². The maximum absolute atomic E-state index is 4.82. The maximum Gasteiger partial charge on any atom is 0.124 e. The largest absolute Gasteiger partial charge is 0.171 e. The van der Waals surface area contributed by atoms with Crippen molar-refractivity contribution >= 4 is 62.8 Å². The van der Waals surface area contributed by atoms with Gasteiger partial charge in [-0.3, -0.25) is 0 Å². The van der Waals surface area contributed by atoms with Crippen LogP contribution in [0.3, 0.4) is 0 Å². The Labute approximate surface area is 233 Å². The summed E-state index contributed by atoms with van der Waals surface area (Å²) in [5.41, 5.74) is 5.16. The molecule has 0 saturated carbocycles. The van der Waals surface area contributed by atoms with E-state index in [0.717, 1.165) is 29.6 Å². The van der Waals surface area contributed by atoms with Crippen molar-refractivity contribution < 1.29 is 0 Å². The highest BCUT2D eigenvalue weighted by Gasteiger charge is 2.28. The van der Waals surface area contributed by atoms with Crippen molar-refractivity contribution in [3.05, 3.63) is 40.1 Å². The zero-order chi connectivity index (χ0) is 25.5. The van der Waals surface area contributed by atoms with Gasteiger partial charge in [0.1, 0.15) is 11.4 Å². The van der Waals surface area contributed by atoms with E-state index in [-0.39, 0.29) is 0 Å². The number of thiophene rings is 3. The third-order valence-electron chi connectivity index (χ3n) is 7.41. The Morgan fingerprint density at radius 2 is 1.42 bits per heavy atom. The Morgan fingerprint density at radius 3 is 2.00 bits per heavy atom. The van der Waals surface area contributed by atoms with Gasteiger partial charge in [0.25, 0.3) is 0 Å². The number of nitrogens with zero attached hydrogens (tertiary/aromatic N) is 2. The highest BCUT2D eigenvalue weighted by molar-refractivity contribution is 7.58. The monoisotopic (exact) mass is 556 g/mol. The fourth-order valence-corrected chi connectivity index (χ4v) is 9.27. The standard InChI is InChI=1S/C30H40N2S4/c1-6-11-13-20(8-3)17-22-15-16-33-27(22)29-25-26(32-36-31-25)30(35-29)28-23(19-24(10-5)34-28)18-21(9-4)14-12-7-2/h10,15-16,19-21H,5-9,11-14,17-18H2,1-4H3. The van der Waals surface area contributed by atoms with Gasteiger partial charge >= 0.3 is 0 Å². The van der Waals surface area contributed by atoms with Gasteiger partial charge in [-0.2, -0.15) is 8.73 Å². The highest BCUT2D eigenvalue weighted by atomic mass is 32.1. The lowest BCUT2D eigenvalue weighted by Crippen LogP contribution is -2.03. The number of hydrogen-bond donors (Lipinski definition) is 0.